The molecule has 0 spiro atoms. The lowest BCUT2D eigenvalue weighted by molar-refractivity contribution is -0.185. The van der Waals surface area contributed by atoms with E-state index in [0.717, 1.165) is 36.5 Å². The molecule has 1 nitrogen and oxygen atoms in total. The first-order valence-electron chi connectivity index (χ1n) is 13.6. The van der Waals surface area contributed by atoms with E-state index in [4.69, 9.17) is 0 Å². The molecule has 5 rings (SSSR count). The lowest BCUT2D eigenvalue weighted by Crippen LogP contribution is -2.64. The summed E-state index contributed by atoms with van der Waals surface area (Å²) < 4.78 is 0. The Labute approximate surface area is 192 Å². The van der Waals surface area contributed by atoms with Gasteiger partial charge in [-0.05, 0) is 103 Å². The molecule has 0 N–H and O–H groups in total. The van der Waals surface area contributed by atoms with Crippen molar-refractivity contribution in [3.05, 3.63) is 11.6 Å². The van der Waals surface area contributed by atoms with E-state index in [2.05, 4.69) is 61.5 Å². The van der Waals surface area contributed by atoms with Gasteiger partial charge in [0.15, 0.2) is 0 Å². The molecule has 0 radical (unpaired) electrons. The molecule has 9 atom stereocenters. The summed E-state index contributed by atoms with van der Waals surface area (Å²) in [5, 5.41) is 0. The molecule has 0 aromatic rings. The molecule has 1 heteroatoms. The van der Waals surface area contributed by atoms with Crippen molar-refractivity contribution in [1.29, 1.82) is 0 Å². The van der Waals surface area contributed by atoms with Crippen LogP contribution >= 0.6 is 0 Å². The summed E-state index contributed by atoms with van der Waals surface area (Å²) in [5.74, 6) is 4.24. The van der Waals surface area contributed by atoms with E-state index in [1.165, 1.54) is 44.9 Å². The minimum atomic E-state index is -0.141. The number of Topliss-reactive ketones (excluding diaryl/α,β-unsaturated/α-hetero) is 1. The second-order valence-corrected chi connectivity index (χ2v) is 14.4. The summed E-state index contributed by atoms with van der Waals surface area (Å²) in [5.41, 5.74) is 3.26. The number of carbonyl (C=O) groups is 1. The SMILES string of the molecule is C[C@H]1[C@H](C)CC[C@]2(C)CC[C@]3(C)C(=CCC4[C@@]5(C)CCC(=O)C(C)(C)C5CC[C@]43C)[C@H]12. The monoisotopic (exact) mass is 424 g/mol. The quantitative estimate of drug-likeness (QED) is 0.358. The maximum atomic E-state index is 12.9. The summed E-state index contributed by atoms with van der Waals surface area (Å²) in [6, 6.07) is 0. The highest BCUT2D eigenvalue weighted by Crippen LogP contribution is 2.75. The normalized spacial score (nSPS) is 55.9. The number of rotatable bonds is 0. The maximum Gasteiger partial charge on any atom is 0.138 e. The molecule has 4 saturated carbocycles. The zero-order valence-electron chi connectivity index (χ0n) is 21.7. The van der Waals surface area contributed by atoms with Gasteiger partial charge in [0.05, 0.1) is 0 Å². The molecular weight excluding hydrogens is 376 g/mol. The summed E-state index contributed by atoms with van der Waals surface area (Å²) >= 11 is 0. The van der Waals surface area contributed by atoms with Gasteiger partial charge in [0.2, 0.25) is 0 Å². The Morgan fingerprint density at radius 3 is 2.26 bits per heavy atom. The molecule has 0 aromatic heterocycles. The van der Waals surface area contributed by atoms with E-state index in [9.17, 15) is 4.79 Å². The van der Waals surface area contributed by atoms with Crippen molar-refractivity contribution in [2.45, 2.75) is 113 Å². The van der Waals surface area contributed by atoms with E-state index in [0.29, 0.717) is 33.4 Å². The zero-order chi connectivity index (χ0) is 22.6. The first kappa shape index (κ1) is 22.2. The van der Waals surface area contributed by atoms with Crippen LogP contribution in [0.5, 0.6) is 0 Å². The van der Waals surface area contributed by atoms with E-state index < -0.39 is 0 Å². The van der Waals surface area contributed by atoms with Crippen molar-refractivity contribution in [3.63, 3.8) is 0 Å². The maximum absolute atomic E-state index is 12.9. The van der Waals surface area contributed by atoms with Crippen LogP contribution in [0.25, 0.3) is 0 Å². The standard InChI is InChI=1S/C30H48O/c1-19-11-14-27(5)17-18-29(7)21(25(27)20(19)2)9-10-23-28(6)15-13-24(31)26(3,4)22(28)12-16-30(23,29)8/h9,19-20,22-23,25H,10-18H2,1-8H3/t19-,20+,22?,23?,25+,27-,28+,29-,30-/m1/s1. The largest absolute Gasteiger partial charge is 0.299 e. The second kappa shape index (κ2) is 6.50. The fourth-order valence-corrected chi connectivity index (χ4v) is 10.7. The van der Waals surface area contributed by atoms with Crippen molar-refractivity contribution < 1.29 is 4.79 Å². The number of carbonyl (C=O) groups excluding carboxylic acids is 1. The third-order valence-corrected chi connectivity index (χ3v) is 13.1. The number of hydrogen-bond donors (Lipinski definition) is 0. The van der Waals surface area contributed by atoms with Crippen LogP contribution in [0.4, 0.5) is 0 Å². The molecule has 5 aliphatic rings. The van der Waals surface area contributed by atoms with Gasteiger partial charge in [0, 0.05) is 11.8 Å². The van der Waals surface area contributed by atoms with E-state index in [-0.39, 0.29) is 5.41 Å². The van der Waals surface area contributed by atoms with Crippen molar-refractivity contribution in [2.24, 2.45) is 56.7 Å². The number of ketones is 1. The average molecular weight is 425 g/mol. The lowest BCUT2D eigenvalue weighted by atomic mass is 9.33. The fraction of sp³-hybridized carbons (Fsp3) is 0.900. The van der Waals surface area contributed by atoms with Gasteiger partial charge in [-0.15, -0.1) is 0 Å². The Balaban J connectivity index is 1.60. The first-order chi connectivity index (χ1) is 14.3. The Kier molecular flexibility index (Phi) is 4.66. The van der Waals surface area contributed by atoms with Gasteiger partial charge < -0.3 is 0 Å². The van der Waals surface area contributed by atoms with Crippen LogP contribution in [0.15, 0.2) is 11.6 Å². The summed E-state index contributed by atoms with van der Waals surface area (Å²) in [7, 11) is 0. The average Bonchev–Trinajstić information content (AvgIpc) is 2.69. The van der Waals surface area contributed by atoms with Gasteiger partial charge in [-0.25, -0.2) is 0 Å². The molecule has 0 amide bonds. The van der Waals surface area contributed by atoms with Crippen LogP contribution in [0.3, 0.4) is 0 Å². The molecule has 4 fully saturated rings. The van der Waals surface area contributed by atoms with Crippen LogP contribution in [0, 0.1) is 56.7 Å². The van der Waals surface area contributed by atoms with Crippen molar-refractivity contribution in [3.8, 4) is 0 Å². The topological polar surface area (TPSA) is 17.1 Å². The van der Waals surface area contributed by atoms with Gasteiger partial charge >= 0.3 is 0 Å². The summed E-state index contributed by atoms with van der Waals surface area (Å²) in [6.45, 7) is 20.2. The van der Waals surface area contributed by atoms with Crippen LogP contribution < -0.4 is 0 Å². The highest BCUT2D eigenvalue weighted by atomic mass is 16.1. The van der Waals surface area contributed by atoms with Crippen LogP contribution in [0.1, 0.15) is 113 Å². The molecule has 31 heavy (non-hydrogen) atoms. The molecule has 0 aliphatic heterocycles. The van der Waals surface area contributed by atoms with Gasteiger partial charge in [-0.2, -0.15) is 0 Å². The van der Waals surface area contributed by atoms with Crippen LogP contribution in [0.2, 0.25) is 0 Å². The molecule has 0 heterocycles. The Hall–Kier alpha value is -0.590. The van der Waals surface area contributed by atoms with Crippen molar-refractivity contribution in [2.75, 3.05) is 0 Å². The molecule has 0 bridgehead atoms. The summed E-state index contributed by atoms with van der Waals surface area (Å²) in [4.78, 5) is 12.9. The number of allylic oxidation sites excluding steroid dienone is 2. The van der Waals surface area contributed by atoms with Crippen molar-refractivity contribution >= 4 is 5.78 Å². The third kappa shape index (κ3) is 2.59. The summed E-state index contributed by atoms with van der Waals surface area (Å²) in [6.07, 6.45) is 14.1. The van der Waals surface area contributed by atoms with Crippen LogP contribution in [-0.2, 0) is 4.79 Å². The molecule has 2 unspecified atom stereocenters. The third-order valence-electron chi connectivity index (χ3n) is 13.1. The number of fused-ring (bicyclic) bond motifs is 7. The fourth-order valence-electron chi connectivity index (χ4n) is 10.7. The second-order valence-electron chi connectivity index (χ2n) is 14.4. The molecule has 174 valence electrons. The Morgan fingerprint density at radius 1 is 0.839 bits per heavy atom. The minimum absolute atomic E-state index is 0.141. The molecular formula is C30H48O. The smallest absolute Gasteiger partial charge is 0.138 e. The molecule has 0 aromatic carbocycles. The predicted octanol–water partition coefficient (Wildman–Crippen LogP) is 8.23. The van der Waals surface area contributed by atoms with Gasteiger partial charge in [-0.1, -0.05) is 67.0 Å². The van der Waals surface area contributed by atoms with Gasteiger partial charge in [-0.3, -0.25) is 4.79 Å². The van der Waals surface area contributed by atoms with E-state index in [1.807, 2.05) is 5.57 Å². The minimum Gasteiger partial charge on any atom is -0.299 e. The van der Waals surface area contributed by atoms with Gasteiger partial charge in [0.1, 0.15) is 5.78 Å². The highest BCUT2D eigenvalue weighted by molar-refractivity contribution is 5.85. The van der Waals surface area contributed by atoms with Crippen molar-refractivity contribution in [1.82, 2.24) is 0 Å². The molecule has 0 saturated heterocycles. The van der Waals surface area contributed by atoms with Gasteiger partial charge in [0.25, 0.3) is 0 Å². The van der Waals surface area contributed by atoms with Crippen LogP contribution in [-0.4, -0.2) is 5.78 Å². The number of hydrogen-bond acceptors (Lipinski definition) is 1. The van der Waals surface area contributed by atoms with E-state index in [1.54, 1.807) is 0 Å². The first-order valence-corrected chi connectivity index (χ1v) is 13.6. The molecule has 5 aliphatic carbocycles. The Morgan fingerprint density at radius 2 is 1.55 bits per heavy atom. The zero-order valence-corrected chi connectivity index (χ0v) is 21.7. The highest BCUT2D eigenvalue weighted by Gasteiger charge is 2.68. The van der Waals surface area contributed by atoms with E-state index >= 15 is 0 Å². The predicted molar refractivity (Wildman–Crippen MR) is 130 cm³/mol. The Bertz CT molecular complexity index is 820. The lowest BCUT2D eigenvalue weighted by Gasteiger charge is -2.71.